The molecule has 4 rings (SSSR count). The number of hydrogen-bond acceptors (Lipinski definition) is 6. The monoisotopic (exact) mass is 410 g/mol. The van der Waals surface area contributed by atoms with E-state index in [1.54, 1.807) is 37.4 Å². The van der Waals surface area contributed by atoms with Crippen LogP contribution in [0.1, 0.15) is 5.56 Å². The Labute approximate surface area is 171 Å². The van der Waals surface area contributed by atoms with Crippen molar-refractivity contribution in [1.29, 1.82) is 0 Å². The Kier molecular flexibility index (Phi) is 5.24. The average Bonchev–Trinajstić information content (AvgIpc) is 3.21. The maximum Gasteiger partial charge on any atom is 0.258 e. The number of ether oxygens (including phenoxy) is 1. The number of hydrogen-bond donors (Lipinski definition) is 1. The Morgan fingerprint density at radius 3 is 2.69 bits per heavy atom. The first-order valence-electron chi connectivity index (χ1n) is 8.69. The normalized spacial score (nSPS) is 11.0. The van der Waals surface area contributed by atoms with Crippen molar-refractivity contribution >= 4 is 17.4 Å². The molecule has 0 aliphatic heterocycles. The molecule has 0 fully saturated rings. The number of benzene rings is 2. The minimum atomic E-state index is -0.301. The maximum absolute atomic E-state index is 14.3. The van der Waals surface area contributed by atoms with Crippen molar-refractivity contribution in [2.75, 3.05) is 12.8 Å². The van der Waals surface area contributed by atoms with E-state index in [2.05, 4.69) is 15.1 Å². The lowest BCUT2D eigenvalue weighted by atomic mass is 9.97. The first kappa shape index (κ1) is 19.0. The van der Waals surface area contributed by atoms with Crippen LogP contribution in [0.25, 0.3) is 34.0 Å². The summed E-state index contributed by atoms with van der Waals surface area (Å²) in [5, 5.41) is 4.30. The maximum atomic E-state index is 14.3. The number of aromatic nitrogens is 3. The molecule has 0 bridgehead atoms. The summed E-state index contributed by atoms with van der Waals surface area (Å²) < 4.78 is 25.0. The van der Waals surface area contributed by atoms with Crippen LogP contribution in [-0.4, -0.2) is 22.2 Å². The van der Waals surface area contributed by atoms with Crippen LogP contribution in [0.4, 0.5) is 10.2 Å². The second-order valence-corrected chi connectivity index (χ2v) is 6.71. The zero-order valence-electron chi connectivity index (χ0n) is 15.4. The fourth-order valence-electron chi connectivity index (χ4n) is 2.97. The van der Waals surface area contributed by atoms with Crippen molar-refractivity contribution in [3.05, 3.63) is 71.1 Å². The van der Waals surface area contributed by atoms with Gasteiger partial charge in [-0.3, -0.25) is 0 Å². The molecular formula is C21H16ClFN4O2. The second kappa shape index (κ2) is 7.98. The number of pyridine rings is 1. The van der Waals surface area contributed by atoms with Gasteiger partial charge < -0.3 is 15.0 Å². The van der Waals surface area contributed by atoms with Gasteiger partial charge in [0.1, 0.15) is 11.6 Å². The van der Waals surface area contributed by atoms with Gasteiger partial charge >= 0.3 is 0 Å². The summed E-state index contributed by atoms with van der Waals surface area (Å²) in [6.45, 7) is 0.302. The highest BCUT2D eigenvalue weighted by Crippen LogP contribution is 2.31. The Morgan fingerprint density at radius 2 is 1.93 bits per heavy atom. The average molecular weight is 411 g/mol. The minimum absolute atomic E-state index is 0.229. The molecule has 0 saturated carbocycles. The Morgan fingerprint density at radius 1 is 1.10 bits per heavy atom. The Bertz CT molecular complexity index is 1180. The van der Waals surface area contributed by atoms with Gasteiger partial charge in [-0.2, -0.15) is 4.98 Å². The van der Waals surface area contributed by atoms with E-state index < -0.39 is 0 Å². The molecule has 0 radical (unpaired) electrons. The van der Waals surface area contributed by atoms with Crippen LogP contribution < -0.4 is 5.73 Å². The van der Waals surface area contributed by atoms with Gasteiger partial charge in [0.15, 0.2) is 0 Å². The standard InChI is InChI=1S/C21H16ClFN4O2/c1-28-11-14-8-12(6-7-15(14)16-4-2-3-5-18(16)23)21-26-20(27-29-21)13-9-17(22)19(24)25-10-13/h2-10H,11H2,1H3,(H2,24,25). The van der Waals surface area contributed by atoms with Gasteiger partial charge in [-0.15, -0.1) is 0 Å². The largest absolute Gasteiger partial charge is 0.382 e. The number of rotatable bonds is 5. The SMILES string of the molecule is COCc1cc(-c2nc(-c3cnc(N)c(Cl)c3)no2)ccc1-c1ccccc1F. The van der Waals surface area contributed by atoms with Crippen LogP contribution in [0.2, 0.25) is 5.02 Å². The van der Waals surface area contributed by atoms with E-state index >= 15 is 0 Å². The van der Waals surface area contributed by atoms with Crippen LogP contribution in [0.5, 0.6) is 0 Å². The van der Waals surface area contributed by atoms with Gasteiger partial charge in [0.25, 0.3) is 5.89 Å². The van der Waals surface area contributed by atoms with Crippen LogP contribution >= 0.6 is 11.6 Å². The van der Waals surface area contributed by atoms with E-state index in [0.29, 0.717) is 40.0 Å². The number of nitrogen functional groups attached to an aromatic ring is 1. The molecule has 0 spiro atoms. The predicted octanol–water partition coefficient (Wildman–Crippen LogP) is 4.99. The smallest absolute Gasteiger partial charge is 0.258 e. The summed E-state index contributed by atoms with van der Waals surface area (Å²) in [5.74, 6) is 0.573. The molecule has 2 N–H and O–H groups in total. The van der Waals surface area contributed by atoms with E-state index in [1.807, 2.05) is 12.1 Å². The van der Waals surface area contributed by atoms with E-state index in [-0.39, 0.29) is 11.6 Å². The summed E-state index contributed by atoms with van der Waals surface area (Å²) >= 11 is 6.01. The lowest BCUT2D eigenvalue weighted by Crippen LogP contribution is -1.95. The third kappa shape index (κ3) is 3.83. The summed E-state index contributed by atoms with van der Waals surface area (Å²) in [5.41, 5.74) is 8.94. The van der Waals surface area contributed by atoms with Gasteiger partial charge in [0.2, 0.25) is 5.82 Å². The van der Waals surface area contributed by atoms with Gasteiger partial charge in [-0.25, -0.2) is 9.37 Å². The fourth-order valence-corrected chi connectivity index (χ4v) is 3.14. The lowest BCUT2D eigenvalue weighted by Gasteiger charge is -2.11. The molecule has 2 aromatic heterocycles. The molecular weight excluding hydrogens is 395 g/mol. The minimum Gasteiger partial charge on any atom is -0.382 e. The fraction of sp³-hybridized carbons (Fsp3) is 0.0952. The summed E-state index contributed by atoms with van der Waals surface area (Å²) in [6, 6.07) is 13.7. The highest BCUT2D eigenvalue weighted by Gasteiger charge is 2.16. The second-order valence-electron chi connectivity index (χ2n) is 6.30. The lowest BCUT2D eigenvalue weighted by molar-refractivity contribution is 0.185. The quantitative estimate of drug-likeness (QED) is 0.499. The van der Waals surface area contributed by atoms with Crippen molar-refractivity contribution in [1.82, 2.24) is 15.1 Å². The predicted molar refractivity (Wildman–Crippen MR) is 108 cm³/mol. The van der Waals surface area contributed by atoms with Gasteiger partial charge in [0, 0.05) is 30.0 Å². The van der Waals surface area contributed by atoms with E-state index in [1.165, 1.54) is 12.3 Å². The number of anilines is 1. The van der Waals surface area contributed by atoms with Crippen molar-refractivity contribution in [3.63, 3.8) is 0 Å². The number of nitrogens with two attached hydrogens (primary N) is 1. The first-order chi connectivity index (χ1) is 14.1. The molecule has 29 heavy (non-hydrogen) atoms. The molecule has 0 saturated heterocycles. The molecule has 0 aliphatic rings. The molecule has 146 valence electrons. The molecule has 6 nitrogen and oxygen atoms in total. The Hall–Kier alpha value is -3.29. The molecule has 4 aromatic rings. The molecule has 2 aromatic carbocycles. The van der Waals surface area contributed by atoms with Crippen LogP contribution in [0.15, 0.2) is 59.3 Å². The van der Waals surface area contributed by atoms with Crippen molar-refractivity contribution in [3.8, 4) is 34.0 Å². The first-order valence-corrected chi connectivity index (χ1v) is 9.07. The molecule has 0 unspecified atom stereocenters. The van der Waals surface area contributed by atoms with Gasteiger partial charge in [-0.1, -0.05) is 41.0 Å². The topological polar surface area (TPSA) is 87.1 Å². The third-order valence-electron chi connectivity index (χ3n) is 4.37. The zero-order chi connectivity index (χ0) is 20.4. The van der Waals surface area contributed by atoms with Gasteiger partial charge in [-0.05, 0) is 35.4 Å². The molecule has 0 amide bonds. The van der Waals surface area contributed by atoms with Crippen LogP contribution in [0.3, 0.4) is 0 Å². The van der Waals surface area contributed by atoms with E-state index in [4.69, 9.17) is 26.6 Å². The zero-order valence-corrected chi connectivity index (χ0v) is 16.2. The number of halogens is 2. The van der Waals surface area contributed by atoms with Gasteiger partial charge in [0.05, 0.1) is 11.6 Å². The number of nitrogens with zero attached hydrogens (tertiary/aromatic N) is 3. The highest BCUT2D eigenvalue weighted by molar-refractivity contribution is 6.33. The van der Waals surface area contributed by atoms with Crippen molar-refractivity contribution < 1.29 is 13.7 Å². The van der Waals surface area contributed by atoms with Crippen molar-refractivity contribution in [2.24, 2.45) is 0 Å². The summed E-state index contributed by atoms with van der Waals surface area (Å²) in [4.78, 5) is 8.41. The summed E-state index contributed by atoms with van der Waals surface area (Å²) in [6.07, 6.45) is 1.52. The number of methoxy groups -OCH3 is 1. The molecule has 8 heteroatoms. The van der Waals surface area contributed by atoms with Crippen LogP contribution in [0, 0.1) is 5.82 Å². The van der Waals surface area contributed by atoms with E-state index in [9.17, 15) is 4.39 Å². The van der Waals surface area contributed by atoms with Crippen molar-refractivity contribution in [2.45, 2.75) is 6.61 Å². The Balaban J connectivity index is 1.73. The summed E-state index contributed by atoms with van der Waals surface area (Å²) in [7, 11) is 1.58. The highest BCUT2D eigenvalue weighted by atomic mass is 35.5. The molecule has 0 aliphatic carbocycles. The third-order valence-corrected chi connectivity index (χ3v) is 4.67. The van der Waals surface area contributed by atoms with E-state index in [0.717, 1.165) is 11.1 Å². The molecule has 0 atom stereocenters. The molecule has 2 heterocycles. The van der Waals surface area contributed by atoms with Crippen LogP contribution in [-0.2, 0) is 11.3 Å².